The van der Waals surface area contributed by atoms with Crippen LogP contribution in [0.5, 0.6) is 11.5 Å². The first-order chi connectivity index (χ1) is 60.9. The number of amides is 3. The van der Waals surface area contributed by atoms with Gasteiger partial charge in [0.15, 0.2) is 0 Å². The molecule has 8 aromatic carbocycles. The van der Waals surface area contributed by atoms with Gasteiger partial charge in [0.1, 0.15) is 35.8 Å². The lowest BCUT2D eigenvalue weighted by Gasteiger charge is -2.62. The van der Waals surface area contributed by atoms with E-state index >= 15 is 0 Å². The molecule has 6 saturated carbocycles. The zero-order valence-electron chi connectivity index (χ0n) is 76.7. The number of aromatic carboxylic acids is 1. The van der Waals surface area contributed by atoms with Gasteiger partial charge < -0.3 is 65.7 Å². The summed E-state index contributed by atoms with van der Waals surface area (Å²) in [5.41, 5.74) is 12.7. The number of hydrogen-bond donors (Lipinski definition) is 8. The van der Waals surface area contributed by atoms with Gasteiger partial charge in [0, 0.05) is 156 Å². The number of rotatable bonds is 28. The molecule has 23 nitrogen and oxygen atoms in total. The Hall–Kier alpha value is -9.60. The van der Waals surface area contributed by atoms with E-state index in [0.717, 1.165) is 99.6 Å². The number of aliphatic hydroxyl groups is 4. The number of benzene rings is 8. The van der Waals surface area contributed by atoms with Crippen LogP contribution in [-0.2, 0) is 58.3 Å². The number of piperazine rings is 2. The van der Waals surface area contributed by atoms with Crippen LogP contribution in [0.2, 0.25) is 0 Å². The number of aliphatic hydroxyl groups excluding tert-OH is 4. The molecule has 0 radical (unpaired) electrons. The number of fused-ring (bicyclic) bond motifs is 4. The van der Waals surface area contributed by atoms with Crippen molar-refractivity contribution in [3.63, 3.8) is 0 Å². The predicted octanol–water partition coefficient (Wildman–Crippen LogP) is 13.1. The second kappa shape index (κ2) is 41.0. The van der Waals surface area contributed by atoms with Crippen molar-refractivity contribution >= 4 is 35.1 Å². The standard InChI is InChI=1S/C52H67N5O6.C34H47N3O7.C18H22N2/c1-33-44-27-40(52(44,3)4)28-45(33)53-50(60)48-47(34(2)59)46(32-58)63-57(48)30-37-19-14-20-43(49(37)62-7)38-24-39(26-41(25-38)54(5)6)51(61)56-22-21-55(29-36-17-12-9-13-18-36)31-42(56)23-35-15-10-8-11-16-35;1-18-26-14-23(34(26,3)4)15-27(18)35-32(40)30-29(19(2)39)28(17-38)44-37(30)16-20-9-8-10-25(31(20)43-7)21-11-22(33(41)42)13-24(12-21)36(5)6;1-3-7-16(8-4-1)13-18-15-20(12-11-19-18)14-17-9-5-2-6-10-17/h8-20,24-26,33-34,40,42,44-48,58-59H,21-23,27-32H2,1-7H3,(H,53,60);8-13,18-19,23,26-30,38-39H,14-17H2,1-7H3,(H,35,40)(H,41,42);1-10,18-19H,11-15H2/t33-,34-,40+,42-,44-,45-,46-,47+,48-;18-,19-,23+,26-,27-,28-,29+,30-;18-/m000/s1. The van der Waals surface area contributed by atoms with Crippen molar-refractivity contribution in [3.8, 4) is 33.8 Å². The van der Waals surface area contributed by atoms with E-state index in [1.807, 2.05) is 105 Å². The van der Waals surface area contributed by atoms with Crippen LogP contribution in [0.15, 0.2) is 194 Å². The Morgan fingerprint density at radius 3 is 1.33 bits per heavy atom. The Labute approximate surface area is 751 Å². The van der Waals surface area contributed by atoms with Crippen molar-refractivity contribution in [2.75, 3.05) is 105 Å². The molecule has 4 bridgehead atoms. The van der Waals surface area contributed by atoms with Crippen LogP contribution in [0.25, 0.3) is 22.3 Å². The molecule has 8 N–H and O–H groups in total. The number of carbonyl (C=O) groups is 4. The maximum Gasteiger partial charge on any atom is 0.335 e. The smallest absolute Gasteiger partial charge is 0.335 e. The van der Waals surface area contributed by atoms with Crippen molar-refractivity contribution < 1.29 is 63.9 Å². The molecule has 127 heavy (non-hydrogen) atoms. The van der Waals surface area contributed by atoms with E-state index in [4.69, 9.17) is 19.1 Å². The minimum atomic E-state index is -1.03. The Bertz CT molecular complexity index is 4980. The Balaban J connectivity index is 0.000000175. The van der Waals surface area contributed by atoms with Crippen molar-refractivity contribution in [1.82, 2.24) is 40.8 Å². The molecule has 18 rings (SSSR count). The molecule has 10 aliphatic rings. The number of carbonyl (C=O) groups excluding carboxylic acids is 3. The van der Waals surface area contributed by atoms with E-state index in [9.17, 15) is 44.7 Å². The third kappa shape index (κ3) is 21.0. The molecule has 3 amide bonds. The van der Waals surface area contributed by atoms with E-state index in [0.29, 0.717) is 81.8 Å². The summed E-state index contributed by atoms with van der Waals surface area (Å²) in [6.45, 7) is 24.1. The maximum atomic E-state index is 14.9. The molecule has 0 aromatic heterocycles. The lowest BCUT2D eigenvalue weighted by molar-refractivity contribution is -0.183. The maximum absolute atomic E-state index is 14.9. The third-order valence-electron chi connectivity index (χ3n) is 29.7. The second-order valence-electron chi connectivity index (χ2n) is 38.7. The van der Waals surface area contributed by atoms with Gasteiger partial charge in [-0.15, -0.1) is 0 Å². The molecule has 4 saturated heterocycles. The molecule has 6 aliphatic carbocycles. The summed E-state index contributed by atoms with van der Waals surface area (Å²) >= 11 is 0. The first-order valence-electron chi connectivity index (χ1n) is 45.9. The van der Waals surface area contributed by atoms with Gasteiger partial charge in [-0.3, -0.25) is 33.9 Å². The number of hydroxylamine groups is 4. The molecule has 0 unspecified atom stereocenters. The molecular weight excluding hydrogens is 1600 g/mol. The number of carboxylic acid groups (broad SMARTS) is 1. The zero-order valence-corrected chi connectivity index (χ0v) is 76.7. The molecule has 8 aromatic rings. The number of hydrogen-bond acceptors (Lipinski definition) is 19. The largest absolute Gasteiger partial charge is 0.496 e. The molecule has 23 heteroatoms. The lowest BCUT2D eigenvalue weighted by atomic mass is 9.45. The SMILES string of the molecule is COc1c(CN2O[C@@H](CO)[C@@H]([C@H](C)O)[C@H]2C(=O)N[C@H]2C[C@H]3C[C@@H]([C@@H]2C)C3(C)C)cccc1-c1cc(C(=O)N2CCN(Cc3ccccc3)C[C@@H]2Cc2ccccc2)cc(N(C)C)c1.COc1c(CN2O[C@@H](CO)[C@@H]([C@H](C)O)[C@H]2C(=O)N[C@H]2C[C@H]3C[C@@H]([C@@H]2C)C3(C)C)cccc1-c1cc(C(=O)O)cc(N(C)C)c1.c1ccc(C[C@H]2CN(Cc3ccccc3)CCN2)cc1. The van der Waals surface area contributed by atoms with Gasteiger partial charge in [-0.05, 0) is 168 Å². The Kier molecular flexibility index (Phi) is 30.2. The molecule has 680 valence electrons. The highest BCUT2D eigenvalue weighted by atomic mass is 16.7. The fourth-order valence-corrected chi connectivity index (χ4v) is 22.3. The van der Waals surface area contributed by atoms with E-state index in [-0.39, 0.29) is 78.5 Å². The third-order valence-corrected chi connectivity index (χ3v) is 29.7. The predicted molar refractivity (Wildman–Crippen MR) is 498 cm³/mol. The summed E-state index contributed by atoms with van der Waals surface area (Å²) < 4.78 is 12.1. The van der Waals surface area contributed by atoms with Gasteiger partial charge in [-0.25, -0.2) is 4.79 Å². The van der Waals surface area contributed by atoms with Crippen LogP contribution in [-0.4, -0.2) is 230 Å². The average molecular weight is 1730 g/mol. The summed E-state index contributed by atoms with van der Waals surface area (Å²) in [6, 6.07) is 64.0. The van der Waals surface area contributed by atoms with Crippen LogP contribution in [0, 0.1) is 58.2 Å². The number of nitrogens with one attached hydrogen (secondary N) is 3. The van der Waals surface area contributed by atoms with Crippen LogP contribution < -0.4 is 35.2 Å². The van der Waals surface area contributed by atoms with Gasteiger partial charge in [-0.2, -0.15) is 10.1 Å². The minimum Gasteiger partial charge on any atom is -0.496 e. The summed E-state index contributed by atoms with van der Waals surface area (Å²) in [5.74, 6) is 1.26. The van der Waals surface area contributed by atoms with E-state index in [2.05, 4.69) is 187 Å². The van der Waals surface area contributed by atoms with Gasteiger partial charge in [0.2, 0.25) is 11.8 Å². The number of ether oxygens (including phenoxy) is 2. The zero-order chi connectivity index (χ0) is 90.3. The highest BCUT2D eigenvalue weighted by Crippen LogP contribution is 2.62. The van der Waals surface area contributed by atoms with Gasteiger partial charge in [0.05, 0.1) is 58.3 Å². The van der Waals surface area contributed by atoms with Gasteiger partial charge in [-0.1, -0.05) is 199 Å². The molecular formula is C104H136N10O13. The highest BCUT2D eigenvalue weighted by Gasteiger charge is 2.60. The average Bonchev–Trinajstić information content (AvgIpc) is 1.71. The topological polar surface area (TPSA) is 265 Å². The van der Waals surface area contributed by atoms with Crippen LogP contribution >= 0.6 is 0 Å². The normalized spacial score (nSPS) is 27.1. The minimum absolute atomic E-state index is 0.0120. The Morgan fingerprint density at radius 2 is 0.929 bits per heavy atom. The number of anilines is 2. The first kappa shape index (κ1) is 93.5. The van der Waals surface area contributed by atoms with E-state index in [1.54, 1.807) is 50.3 Å². The molecule has 4 heterocycles. The molecule has 10 fully saturated rings. The number of para-hydroxylation sites is 2. The van der Waals surface area contributed by atoms with E-state index < -0.39 is 54.3 Å². The summed E-state index contributed by atoms with van der Waals surface area (Å²) in [4.78, 5) is 78.7. The molecule has 0 spiro atoms. The second-order valence-corrected chi connectivity index (χ2v) is 38.7. The fourth-order valence-electron chi connectivity index (χ4n) is 22.3. The lowest BCUT2D eigenvalue weighted by Crippen LogP contribution is -2.62. The number of carboxylic acids is 1. The highest BCUT2D eigenvalue weighted by molar-refractivity contribution is 5.98. The van der Waals surface area contributed by atoms with Crippen molar-refractivity contribution in [2.24, 2.45) is 58.2 Å². The monoisotopic (exact) mass is 1730 g/mol. The Morgan fingerprint density at radius 1 is 0.512 bits per heavy atom. The molecule has 4 aliphatic heterocycles. The fraction of sp³-hybridized carbons (Fsp3) is 0.500. The van der Waals surface area contributed by atoms with Crippen molar-refractivity contribution in [2.45, 2.75) is 181 Å². The van der Waals surface area contributed by atoms with Gasteiger partial charge >= 0.3 is 5.97 Å². The first-order valence-corrected chi connectivity index (χ1v) is 45.9. The van der Waals surface area contributed by atoms with Crippen LogP contribution in [0.1, 0.15) is 135 Å². The summed E-state index contributed by atoms with van der Waals surface area (Å²) in [5, 5.41) is 65.8. The quantitative estimate of drug-likeness (QED) is 0.0226. The number of methoxy groups -OCH3 is 2. The van der Waals surface area contributed by atoms with E-state index in [1.165, 1.54) is 35.1 Å². The van der Waals surface area contributed by atoms with Gasteiger partial charge in [0.25, 0.3) is 5.91 Å². The summed E-state index contributed by atoms with van der Waals surface area (Å²) in [7, 11) is 10.8. The summed E-state index contributed by atoms with van der Waals surface area (Å²) in [6.07, 6.45) is 2.79. The van der Waals surface area contributed by atoms with Crippen molar-refractivity contribution in [3.05, 3.63) is 239 Å². The van der Waals surface area contributed by atoms with Crippen molar-refractivity contribution in [1.29, 1.82) is 0 Å². The number of nitrogens with zero attached hydrogens (tertiary/aromatic N) is 7. The van der Waals surface area contributed by atoms with Crippen LogP contribution in [0.4, 0.5) is 11.4 Å². The van der Waals surface area contributed by atoms with Crippen LogP contribution in [0.3, 0.4) is 0 Å². The molecule has 18 atom stereocenters.